The van der Waals surface area contributed by atoms with Gasteiger partial charge in [-0.15, -0.1) is 0 Å². The molecule has 0 radical (unpaired) electrons. The summed E-state index contributed by atoms with van der Waals surface area (Å²) in [6, 6.07) is 14.5. The van der Waals surface area contributed by atoms with Gasteiger partial charge in [-0.1, -0.05) is 0 Å². The third-order valence-electron chi connectivity index (χ3n) is 10.4. The van der Waals surface area contributed by atoms with Crippen molar-refractivity contribution in [2.45, 2.75) is 138 Å². The Labute approximate surface area is 355 Å². The van der Waals surface area contributed by atoms with E-state index >= 15 is 0 Å². The first-order valence-corrected chi connectivity index (χ1v) is 21.5. The minimum absolute atomic E-state index is 0.421. The second-order valence-corrected chi connectivity index (χ2v) is 16.6. The van der Waals surface area contributed by atoms with Gasteiger partial charge < -0.3 is 22.8 Å². The molecule has 60 heavy (non-hydrogen) atoms. The highest BCUT2D eigenvalue weighted by atomic mass is 15.2. The number of imidazole rings is 3. The summed E-state index contributed by atoms with van der Waals surface area (Å²) in [7, 11) is 0. The molecule has 0 spiro atoms. The summed E-state index contributed by atoms with van der Waals surface area (Å²) in [6.07, 6.45) is 25.8. The summed E-state index contributed by atoms with van der Waals surface area (Å²) in [5.74, 6) is 3.27. The first-order valence-electron chi connectivity index (χ1n) is 21.5. The van der Waals surface area contributed by atoms with Crippen molar-refractivity contribution in [2.24, 2.45) is 15.0 Å². The average molecular weight is 810 g/mol. The SMILES string of the molecule is CC(C)n1ccc2c1N=CCC2.CC(C)n1ccc2cccnc21.CC(C)n1cnc2c1N=CCC2.CC(C)n1cnc2c1N=CCC2.CC(C)n1cnc2cccnc21. The summed E-state index contributed by atoms with van der Waals surface area (Å²) in [6.45, 7) is 21.5. The third kappa shape index (κ3) is 10.4. The van der Waals surface area contributed by atoms with Crippen LogP contribution >= 0.6 is 0 Å². The van der Waals surface area contributed by atoms with E-state index in [1.165, 1.54) is 10.9 Å². The molecule has 13 heteroatoms. The summed E-state index contributed by atoms with van der Waals surface area (Å²) >= 11 is 0. The van der Waals surface area contributed by atoms with Gasteiger partial charge in [-0.25, -0.2) is 39.9 Å². The van der Waals surface area contributed by atoms with Crippen LogP contribution in [0.2, 0.25) is 0 Å². The minimum Gasteiger partial charge on any atom is -0.330 e. The maximum Gasteiger partial charge on any atom is 0.160 e. The lowest BCUT2D eigenvalue weighted by Gasteiger charge is -2.12. The first-order chi connectivity index (χ1) is 28.9. The number of rotatable bonds is 5. The van der Waals surface area contributed by atoms with Gasteiger partial charge in [0.05, 0.1) is 30.4 Å². The maximum absolute atomic E-state index is 4.41. The molecule has 3 aliphatic rings. The molecule has 7 aromatic heterocycles. The van der Waals surface area contributed by atoms with Crippen LogP contribution in [-0.4, -0.2) is 66.4 Å². The average Bonchev–Trinajstić information content (AvgIpc) is 4.10. The van der Waals surface area contributed by atoms with Gasteiger partial charge >= 0.3 is 0 Å². The van der Waals surface area contributed by atoms with Gasteiger partial charge in [0, 0.05) is 79.0 Å². The van der Waals surface area contributed by atoms with Crippen LogP contribution in [0.25, 0.3) is 22.2 Å². The second-order valence-electron chi connectivity index (χ2n) is 16.6. The predicted octanol–water partition coefficient (Wildman–Crippen LogP) is 11.6. The molecular formula is C47H63N13. The van der Waals surface area contributed by atoms with Crippen molar-refractivity contribution in [1.82, 2.24) is 47.8 Å². The van der Waals surface area contributed by atoms with Crippen molar-refractivity contribution in [1.29, 1.82) is 0 Å². The van der Waals surface area contributed by atoms with Crippen molar-refractivity contribution in [2.75, 3.05) is 0 Å². The minimum atomic E-state index is 0.421. The Bertz CT molecular complexity index is 2280. The molecule has 0 atom stereocenters. The lowest BCUT2D eigenvalue weighted by atomic mass is 10.1. The number of nitrogens with zero attached hydrogens (tertiary/aromatic N) is 13. The van der Waals surface area contributed by atoms with Gasteiger partial charge in [-0.3, -0.25) is 0 Å². The van der Waals surface area contributed by atoms with E-state index < -0.39 is 0 Å². The predicted molar refractivity (Wildman–Crippen MR) is 247 cm³/mol. The van der Waals surface area contributed by atoms with E-state index in [1.54, 1.807) is 6.20 Å². The largest absolute Gasteiger partial charge is 0.330 e. The van der Waals surface area contributed by atoms with Crippen LogP contribution in [0.4, 0.5) is 17.5 Å². The van der Waals surface area contributed by atoms with E-state index in [-0.39, 0.29) is 0 Å². The van der Waals surface area contributed by atoms with Gasteiger partial charge in [0.1, 0.15) is 17.0 Å². The molecule has 0 amide bonds. The van der Waals surface area contributed by atoms with E-state index in [0.717, 1.165) is 84.2 Å². The molecule has 0 bridgehead atoms. The maximum atomic E-state index is 4.41. The van der Waals surface area contributed by atoms with Gasteiger partial charge in [0.2, 0.25) is 0 Å². The molecule has 0 N–H and O–H groups in total. The standard InChI is InChI=1S/C10H14N2.C10H12N2.2C9H13N3.C9H11N3/c2*1-8(2)12-7-5-9-4-3-6-11-10(9)12;3*1-7(2)12-6-11-8-4-3-5-10-9(8)12/h5-8H,3-4H2,1-2H3;3-8H,1-2H3;2*5-7H,3-4H2,1-2H3;3-7H,1-2H3. The number of aliphatic imine (C=N–C) groups is 3. The van der Waals surface area contributed by atoms with E-state index in [1.807, 2.05) is 62.0 Å². The Morgan fingerprint density at radius 3 is 1.48 bits per heavy atom. The highest BCUT2D eigenvalue weighted by molar-refractivity contribution is 5.76. The fourth-order valence-corrected chi connectivity index (χ4v) is 7.14. The number of aromatic nitrogens is 10. The molecule has 0 aromatic carbocycles. The van der Waals surface area contributed by atoms with Crippen LogP contribution in [0, 0.1) is 0 Å². The molecule has 10 rings (SSSR count). The number of aryl methyl sites for hydroxylation is 3. The molecule has 0 fully saturated rings. The van der Waals surface area contributed by atoms with E-state index in [0.29, 0.717) is 30.2 Å². The zero-order valence-corrected chi connectivity index (χ0v) is 37.2. The first kappa shape index (κ1) is 43.6. The molecule has 3 aliphatic heterocycles. The van der Waals surface area contributed by atoms with Crippen molar-refractivity contribution in [3.8, 4) is 0 Å². The molecule has 0 unspecified atom stereocenters. The van der Waals surface area contributed by atoms with Crippen LogP contribution in [-0.2, 0) is 19.3 Å². The van der Waals surface area contributed by atoms with E-state index in [2.05, 4.69) is 163 Å². The Morgan fingerprint density at radius 1 is 0.433 bits per heavy atom. The molecular weight excluding hydrogens is 747 g/mol. The quantitative estimate of drug-likeness (QED) is 0.171. The Balaban J connectivity index is 0.000000126. The smallest absolute Gasteiger partial charge is 0.160 e. The summed E-state index contributed by atoms with van der Waals surface area (Å²) in [4.78, 5) is 34.6. The Hall–Kier alpha value is -5.98. The lowest BCUT2D eigenvalue weighted by molar-refractivity contribution is 0.602. The topological polar surface area (TPSA) is 126 Å². The van der Waals surface area contributed by atoms with Gasteiger partial charge in [-0.2, -0.15) is 0 Å². The molecule has 0 saturated carbocycles. The van der Waals surface area contributed by atoms with Crippen LogP contribution in [0.5, 0.6) is 0 Å². The molecule has 13 nitrogen and oxygen atoms in total. The van der Waals surface area contributed by atoms with Crippen LogP contribution < -0.4 is 0 Å². The molecule has 316 valence electrons. The summed E-state index contributed by atoms with van der Waals surface area (Å²) in [5, 5.41) is 1.21. The van der Waals surface area contributed by atoms with Gasteiger partial charge in [0.25, 0.3) is 0 Å². The van der Waals surface area contributed by atoms with Crippen molar-refractivity contribution >= 4 is 58.3 Å². The van der Waals surface area contributed by atoms with Gasteiger partial charge in [-0.05, 0) is 150 Å². The lowest BCUT2D eigenvalue weighted by Crippen LogP contribution is -2.00. The highest BCUT2D eigenvalue weighted by Crippen LogP contribution is 2.29. The Kier molecular flexibility index (Phi) is 14.8. The van der Waals surface area contributed by atoms with Crippen LogP contribution in [0.3, 0.4) is 0 Å². The molecule has 0 saturated heterocycles. The van der Waals surface area contributed by atoms with E-state index in [4.69, 9.17) is 0 Å². The molecule has 7 aromatic rings. The fourth-order valence-electron chi connectivity index (χ4n) is 7.14. The highest BCUT2D eigenvalue weighted by Gasteiger charge is 2.15. The molecule has 10 heterocycles. The monoisotopic (exact) mass is 810 g/mol. The molecule has 0 aliphatic carbocycles. The van der Waals surface area contributed by atoms with Crippen molar-refractivity contribution < 1.29 is 0 Å². The normalized spacial score (nSPS) is 13.7. The van der Waals surface area contributed by atoms with Crippen molar-refractivity contribution in [3.63, 3.8) is 0 Å². The summed E-state index contributed by atoms with van der Waals surface area (Å²) in [5.41, 5.74) is 6.69. The number of hydrogen-bond acceptors (Lipinski definition) is 8. The Morgan fingerprint density at radius 2 is 0.917 bits per heavy atom. The third-order valence-corrected chi connectivity index (χ3v) is 10.4. The van der Waals surface area contributed by atoms with Gasteiger partial charge in [0.15, 0.2) is 17.3 Å². The zero-order chi connectivity index (χ0) is 42.8. The number of hydrogen-bond donors (Lipinski definition) is 0. The van der Waals surface area contributed by atoms with Crippen LogP contribution in [0.15, 0.2) is 95.1 Å². The van der Waals surface area contributed by atoms with E-state index in [9.17, 15) is 0 Å². The summed E-state index contributed by atoms with van der Waals surface area (Å²) < 4.78 is 10.7. The fraction of sp³-hybridized carbons (Fsp3) is 0.447. The van der Waals surface area contributed by atoms with Crippen LogP contribution in [0.1, 0.15) is 136 Å². The zero-order valence-electron chi connectivity index (χ0n) is 37.2. The number of fused-ring (bicyclic) bond motifs is 5. The number of pyridine rings is 2. The second kappa shape index (κ2) is 20.3. The van der Waals surface area contributed by atoms with Crippen molar-refractivity contribution in [3.05, 3.63) is 97.1 Å².